The molecule has 94 valence electrons. The minimum Gasteiger partial charge on any atom is -0.355 e. The van der Waals surface area contributed by atoms with E-state index in [1.807, 2.05) is 0 Å². The molecule has 16 heavy (non-hydrogen) atoms. The average molecular weight is 227 g/mol. The van der Waals surface area contributed by atoms with Crippen molar-refractivity contribution >= 4 is 5.91 Å². The molecule has 3 N–H and O–H groups in total. The van der Waals surface area contributed by atoms with Crippen LogP contribution in [0.1, 0.15) is 39.0 Å². The molecular formula is C12H25N3O. The molecule has 4 nitrogen and oxygen atoms in total. The van der Waals surface area contributed by atoms with Gasteiger partial charge in [-0.1, -0.05) is 19.8 Å². The van der Waals surface area contributed by atoms with Crippen molar-refractivity contribution in [3.63, 3.8) is 0 Å². The van der Waals surface area contributed by atoms with Crippen LogP contribution in [0.2, 0.25) is 0 Å². The number of piperidine rings is 1. The Morgan fingerprint density at radius 1 is 1.38 bits per heavy atom. The predicted octanol–water partition coefficient (Wildman–Crippen LogP) is 0.716. The molecule has 4 heteroatoms. The third kappa shape index (κ3) is 5.47. The maximum atomic E-state index is 11.6. The molecule has 0 spiro atoms. The van der Waals surface area contributed by atoms with Crippen molar-refractivity contribution in [1.29, 1.82) is 0 Å². The fourth-order valence-electron chi connectivity index (χ4n) is 1.97. The summed E-state index contributed by atoms with van der Waals surface area (Å²) < 4.78 is 0. The Hall–Kier alpha value is -0.610. The Morgan fingerprint density at radius 2 is 2.06 bits per heavy atom. The lowest BCUT2D eigenvalue weighted by Gasteiger charge is -2.29. The van der Waals surface area contributed by atoms with Crippen LogP contribution in [-0.4, -0.2) is 43.0 Å². The SMILES string of the molecule is CCCCCNC(=O)CN1CCC(N)CC1. The molecule has 1 fully saturated rings. The summed E-state index contributed by atoms with van der Waals surface area (Å²) in [6, 6.07) is 0.337. The molecule has 0 aromatic carbocycles. The molecule has 0 unspecified atom stereocenters. The second kappa shape index (κ2) is 7.63. The molecular weight excluding hydrogens is 202 g/mol. The monoisotopic (exact) mass is 227 g/mol. The van der Waals surface area contributed by atoms with E-state index in [2.05, 4.69) is 17.1 Å². The van der Waals surface area contributed by atoms with E-state index in [9.17, 15) is 4.79 Å². The van der Waals surface area contributed by atoms with Crippen molar-refractivity contribution in [2.45, 2.75) is 45.1 Å². The van der Waals surface area contributed by atoms with Gasteiger partial charge in [-0.2, -0.15) is 0 Å². The van der Waals surface area contributed by atoms with E-state index in [1.165, 1.54) is 12.8 Å². The first-order chi connectivity index (χ1) is 7.72. The minimum atomic E-state index is 0.159. The van der Waals surface area contributed by atoms with Gasteiger partial charge in [0.25, 0.3) is 0 Å². The highest BCUT2D eigenvalue weighted by Gasteiger charge is 2.17. The number of hydrogen-bond acceptors (Lipinski definition) is 3. The molecule has 1 aliphatic rings. The molecule has 1 saturated heterocycles. The third-order valence-electron chi connectivity index (χ3n) is 3.10. The van der Waals surface area contributed by atoms with Crippen LogP contribution in [0, 0.1) is 0 Å². The molecule has 0 radical (unpaired) electrons. The number of unbranched alkanes of at least 4 members (excludes halogenated alkanes) is 2. The Balaban J connectivity index is 2.05. The van der Waals surface area contributed by atoms with Gasteiger partial charge in [0, 0.05) is 25.7 Å². The highest BCUT2D eigenvalue weighted by atomic mass is 16.2. The second-order valence-corrected chi connectivity index (χ2v) is 4.67. The summed E-state index contributed by atoms with van der Waals surface area (Å²) in [6.07, 6.45) is 5.51. The lowest BCUT2D eigenvalue weighted by molar-refractivity contribution is -0.122. The van der Waals surface area contributed by atoms with E-state index in [4.69, 9.17) is 5.73 Å². The molecule has 0 atom stereocenters. The number of nitrogens with zero attached hydrogens (tertiary/aromatic N) is 1. The second-order valence-electron chi connectivity index (χ2n) is 4.67. The quantitative estimate of drug-likeness (QED) is 0.657. The highest BCUT2D eigenvalue weighted by molar-refractivity contribution is 5.77. The number of likely N-dealkylation sites (tertiary alicyclic amines) is 1. The van der Waals surface area contributed by atoms with Gasteiger partial charge in [0.1, 0.15) is 0 Å². The van der Waals surface area contributed by atoms with Gasteiger partial charge in [0.05, 0.1) is 6.54 Å². The normalized spacial score (nSPS) is 18.6. The first-order valence-corrected chi connectivity index (χ1v) is 6.47. The molecule has 1 aliphatic heterocycles. The van der Waals surface area contributed by atoms with Crippen molar-refractivity contribution in [2.24, 2.45) is 5.73 Å². The standard InChI is InChI=1S/C12H25N3O/c1-2-3-4-7-14-12(16)10-15-8-5-11(13)6-9-15/h11H,2-10,13H2,1H3,(H,14,16). The summed E-state index contributed by atoms with van der Waals surface area (Å²) in [6.45, 7) is 5.45. The summed E-state index contributed by atoms with van der Waals surface area (Å²) in [7, 11) is 0. The van der Waals surface area contributed by atoms with E-state index in [0.29, 0.717) is 12.6 Å². The maximum Gasteiger partial charge on any atom is 0.234 e. The van der Waals surface area contributed by atoms with Gasteiger partial charge < -0.3 is 11.1 Å². The summed E-state index contributed by atoms with van der Waals surface area (Å²) >= 11 is 0. The van der Waals surface area contributed by atoms with Crippen LogP contribution in [0.4, 0.5) is 0 Å². The van der Waals surface area contributed by atoms with Crippen molar-refractivity contribution in [1.82, 2.24) is 10.2 Å². The van der Waals surface area contributed by atoms with Crippen LogP contribution in [0.3, 0.4) is 0 Å². The summed E-state index contributed by atoms with van der Waals surface area (Å²) in [4.78, 5) is 13.8. The van der Waals surface area contributed by atoms with Crippen molar-refractivity contribution in [3.05, 3.63) is 0 Å². The Kier molecular flexibility index (Phi) is 6.42. The zero-order chi connectivity index (χ0) is 11.8. The molecule has 1 rings (SSSR count). The first-order valence-electron chi connectivity index (χ1n) is 6.47. The smallest absolute Gasteiger partial charge is 0.234 e. The lowest BCUT2D eigenvalue weighted by Crippen LogP contribution is -2.44. The molecule has 1 heterocycles. The number of nitrogens with two attached hydrogens (primary N) is 1. The maximum absolute atomic E-state index is 11.6. The third-order valence-corrected chi connectivity index (χ3v) is 3.10. The van der Waals surface area contributed by atoms with E-state index in [1.54, 1.807) is 0 Å². The van der Waals surface area contributed by atoms with Gasteiger partial charge in [-0.05, 0) is 19.3 Å². The van der Waals surface area contributed by atoms with Crippen molar-refractivity contribution in [2.75, 3.05) is 26.2 Å². The zero-order valence-corrected chi connectivity index (χ0v) is 10.4. The molecule has 0 aliphatic carbocycles. The fourth-order valence-corrected chi connectivity index (χ4v) is 1.97. The molecule has 0 saturated carbocycles. The van der Waals surface area contributed by atoms with Crippen LogP contribution in [0.5, 0.6) is 0 Å². The Morgan fingerprint density at radius 3 is 2.69 bits per heavy atom. The minimum absolute atomic E-state index is 0.159. The number of carbonyl (C=O) groups excluding carboxylic acids is 1. The zero-order valence-electron chi connectivity index (χ0n) is 10.4. The molecule has 0 aromatic heterocycles. The molecule has 0 bridgehead atoms. The summed E-state index contributed by atoms with van der Waals surface area (Å²) in [5, 5.41) is 2.96. The highest BCUT2D eigenvalue weighted by Crippen LogP contribution is 2.07. The van der Waals surface area contributed by atoms with Gasteiger partial charge in [0.15, 0.2) is 0 Å². The molecule has 1 amide bonds. The predicted molar refractivity (Wildman–Crippen MR) is 66.2 cm³/mol. The topological polar surface area (TPSA) is 58.4 Å². The van der Waals surface area contributed by atoms with Crippen LogP contribution in [0.25, 0.3) is 0 Å². The van der Waals surface area contributed by atoms with Crippen molar-refractivity contribution in [3.8, 4) is 0 Å². The number of amides is 1. The fraction of sp³-hybridized carbons (Fsp3) is 0.917. The average Bonchev–Trinajstić information content (AvgIpc) is 2.28. The Labute approximate surface area is 98.6 Å². The van der Waals surface area contributed by atoms with Crippen LogP contribution in [0.15, 0.2) is 0 Å². The van der Waals surface area contributed by atoms with Gasteiger partial charge in [-0.25, -0.2) is 0 Å². The van der Waals surface area contributed by atoms with E-state index >= 15 is 0 Å². The van der Waals surface area contributed by atoms with Gasteiger partial charge >= 0.3 is 0 Å². The van der Waals surface area contributed by atoms with E-state index in [-0.39, 0.29) is 5.91 Å². The molecule has 0 aromatic rings. The van der Waals surface area contributed by atoms with Gasteiger partial charge in [0.2, 0.25) is 5.91 Å². The van der Waals surface area contributed by atoms with Crippen LogP contribution < -0.4 is 11.1 Å². The van der Waals surface area contributed by atoms with E-state index < -0.39 is 0 Å². The number of nitrogens with one attached hydrogen (secondary N) is 1. The Bertz CT molecular complexity index is 200. The van der Waals surface area contributed by atoms with Crippen LogP contribution in [-0.2, 0) is 4.79 Å². The number of hydrogen-bond donors (Lipinski definition) is 2. The largest absolute Gasteiger partial charge is 0.355 e. The first kappa shape index (κ1) is 13.5. The van der Waals surface area contributed by atoms with E-state index in [0.717, 1.165) is 38.9 Å². The number of carbonyl (C=O) groups is 1. The van der Waals surface area contributed by atoms with Crippen LogP contribution >= 0.6 is 0 Å². The summed E-state index contributed by atoms with van der Waals surface area (Å²) in [5.41, 5.74) is 5.81. The van der Waals surface area contributed by atoms with Crippen molar-refractivity contribution < 1.29 is 4.79 Å². The number of rotatable bonds is 6. The lowest BCUT2D eigenvalue weighted by atomic mass is 10.1. The van der Waals surface area contributed by atoms with Gasteiger partial charge in [-0.15, -0.1) is 0 Å². The van der Waals surface area contributed by atoms with Gasteiger partial charge in [-0.3, -0.25) is 9.69 Å². The summed E-state index contributed by atoms with van der Waals surface area (Å²) in [5.74, 6) is 0.159.